The van der Waals surface area contributed by atoms with E-state index in [0.29, 0.717) is 13.1 Å². The fourth-order valence-corrected chi connectivity index (χ4v) is 4.79. The molecule has 106 valence electrons. The zero-order chi connectivity index (χ0) is 14.0. The summed E-state index contributed by atoms with van der Waals surface area (Å²) in [6.07, 6.45) is 0. The van der Waals surface area contributed by atoms with Crippen molar-refractivity contribution in [3.05, 3.63) is 34.3 Å². The van der Waals surface area contributed by atoms with E-state index in [9.17, 15) is 8.42 Å². The van der Waals surface area contributed by atoms with E-state index in [0.717, 1.165) is 10.0 Å². The molecule has 1 fully saturated rings. The van der Waals surface area contributed by atoms with Crippen molar-refractivity contribution in [1.29, 1.82) is 0 Å². The molecule has 2 atom stereocenters. The summed E-state index contributed by atoms with van der Waals surface area (Å²) in [4.78, 5) is 2.20. The summed E-state index contributed by atoms with van der Waals surface area (Å²) in [6.45, 7) is 2.98. The van der Waals surface area contributed by atoms with Crippen molar-refractivity contribution in [1.82, 2.24) is 4.90 Å². The molecule has 0 spiro atoms. The molecule has 1 heterocycles. The molecule has 0 saturated carbocycles. The fraction of sp³-hybridized carbons (Fsp3) is 0.538. The zero-order valence-electron chi connectivity index (χ0n) is 10.9. The number of benzene rings is 1. The third-order valence-corrected chi connectivity index (χ3v) is 6.13. The smallest absolute Gasteiger partial charge is 0.153 e. The molecule has 0 amide bonds. The van der Waals surface area contributed by atoms with Crippen molar-refractivity contribution < 1.29 is 8.42 Å². The van der Waals surface area contributed by atoms with Crippen molar-refractivity contribution in [3.63, 3.8) is 0 Å². The van der Waals surface area contributed by atoms with Gasteiger partial charge in [-0.05, 0) is 18.6 Å². The minimum absolute atomic E-state index is 0.000550. The van der Waals surface area contributed by atoms with Crippen molar-refractivity contribution in [2.75, 3.05) is 24.6 Å². The molecule has 0 bridgehead atoms. The SMILES string of the molecule is CC1CS(=O)(=O)CCN1C(CN)c1ccccc1Br. The highest BCUT2D eigenvalue weighted by Gasteiger charge is 2.33. The predicted molar refractivity (Wildman–Crippen MR) is 80.8 cm³/mol. The molecule has 1 saturated heterocycles. The molecule has 4 nitrogen and oxygen atoms in total. The second-order valence-electron chi connectivity index (χ2n) is 4.97. The maximum atomic E-state index is 11.7. The molecular weight excluding hydrogens is 328 g/mol. The minimum Gasteiger partial charge on any atom is -0.329 e. The van der Waals surface area contributed by atoms with Gasteiger partial charge in [0.2, 0.25) is 0 Å². The Kier molecular flexibility index (Phi) is 4.66. The number of rotatable bonds is 3. The van der Waals surface area contributed by atoms with Crippen LogP contribution in [-0.2, 0) is 9.84 Å². The van der Waals surface area contributed by atoms with E-state index >= 15 is 0 Å². The van der Waals surface area contributed by atoms with Crippen LogP contribution in [0.15, 0.2) is 28.7 Å². The van der Waals surface area contributed by atoms with Gasteiger partial charge in [0.25, 0.3) is 0 Å². The van der Waals surface area contributed by atoms with Gasteiger partial charge in [-0.2, -0.15) is 0 Å². The second kappa shape index (κ2) is 5.91. The first-order valence-electron chi connectivity index (χ1n) is 6.35. The molecule has 0 aliphatic carbocycles. The van der Waals surface area contributed by atoms with Gasteiger partial charge in [0, 0.05) is 29.6 Å². The van der Waals surface area contributed by atoms with Crippen LogP contribution in [0.25, 0.3) is 0 Å². The molecule has 1 aliphatic rings. The highest BCUT2D eigenvalue weighted by Crippen LogP contribution is 2.30. The molecule has 1 aromatic carbocycles. The predicted octanol–water partition coefficient (Wildman–Crippen LogP) is 1.57. The van der Waals surface area contributed by atoms with Gasteiger partial charge in [-0.15, -0.1) is 0 Å². The Morgan fingerprint density at radius 3 is 2.74 bits per heavy atom. The van der Waals surface area contributed by atoms with Gasteiger partial charge in [0.05, 0.1) is 11.5 Å². The number of nitrogens with zero attached hydrogens (tertiary/aromatic N) is 1. The van der Waals surface area contributed by atoms with Gasteiger partial charge >= 0.3 is 0 Å². The molecule has 0 aromatic heterocycles. The van der Waals surface area contributed by atoms with Crippen LogP contribution in [-0.4, -0.2) is 44.0 Å². The van der Waals surface area contributed by atoms with E-state index in [1.807, 2.05) is 31.2 Å². The summed E-state index contributed by atoms with van der Waals surface area (Å²) in [5.41, 5.74) is 7.04. The van der Waals surface area contributed by atoms with Crippen LogP contribution in [0.4, 0.5) is 0 Å². The molecule has 1 aliphatic heterocycles. The average molecular weight is 347 g/mol. The number of nitrogens with two attached hydrogens (primary N) is 1. The lowest BCUT2D eigenvalue weighted by Crippen LogP contribution is -2.50. The van der Waals surface area contributed by atoms with E-state index in [1.165, 1.54) is 0 Å². The van der Waals surface area contributed by atoms with E-state index < -0.39 is 9.84 Å². The van der Waals surface area contributed by atoms with Crippen molar-refractivity contribution in [3.8, 4) is 0 Å². The quantitative estimate of drug-likeness (QED) is 0.902. The van der Waals surface area contributed by atoms with Crippen LogP contribution in [0.2, 0.25) is 0 Å². The van der Waals surface area contributed by atoms with Crippen molar-refractivity contribution >= 4 is 25.8 Å². The molecule has 19 heavy (non-hydrogen) atoms. The Labute approximate surface area is 123 Å². The Morgan fingerprint density at radius 2 is 2.16 bits per heavy atom. The maximum Gasteiger partial charge on any atom is 0.153 e. The van der Waals surface area contributed by atoms with Gasteiger partial charge in [0.15, 0.2) is 9.84 Å². The normalized spacial score (nSPS) is 25.1. The van der Waals surface area contributed by atoms with E-state index in [2.05, 4.69) is 20.8 Å². The van der Waals surface area contributed by atoms with Gasteiger partial charge in [-0.1, -0.05) is 34.1 Å². The van der Waals surface area contributed by atoms with Gasteiger partial charge in [-0.25, -0.2) is 8.42 Å². The van der Waals surface area contributed by atoms with Crippen LogP contribution in [0.5, 0.6) is 0 Å². The maximum absolute atomic E-state index is 11.7. The van der Waals surface area contributed by atoms with Crippen molar-refractivity contribution in [2.24, 2.45) is 5.73 Å². The van der Waals surface area contributed by atoms with Crippen LogP contribution < -0.4 is 5.73 Å². The summed E-state index contributed by atoms with van der Waals surface area (Å²) >= 11 is 3.55. The first kappa shape index (κ1) is 15.0. The molecule has 0 radical (unpaired) electrons. The monoisotopic (exact) mass is 346 g/mol. The Balaban J connectivity index is 2.26. The van der Waals surface area contributed by atoms with Crippen LogP contribution in [0.1, 0.15) is 18.5 Å². The first-order chi connectivity index (χ1) is 8.94. The third kappa shape index (κ3) is 3.37. The molecule has 2 rings (SSSR count). The zero-order valence-corrected chi connectivity index (χ0v) is 13.3. The summed E-state index contributed by atoms with van der Waals surface area (Å²) < 4.78 is 24.3. The van der Waals surface area contributed by atoms with E-state index in [1.54, 1.807) is 0 Å². The molecular formula is C13H19BrN2O2S. The van der Waals surface area contributed by atoms with Crippen LogP contribution in [0, 0.1) is 0 Å². The number of hydrogen-bond acceptors (Lipinski definition) is 4. The van der Waals surface area contributed by atoms with Gasteiger partial charge in [0.1, 0.15) is 0 Å². The first-order valence-corrected chi connectivity index (χ1v) is 8.96. The highest BCUT2D eigenvalue weighted by molar-refractivity contribution is 9.10. The second-order valence-corrected chi connectivity index (χ2v) is 8.06. The summed E-state index contributed by atoms with van der Waals surface area (Å²) in [5.74, 6) is 0.437. The average Bonchev–Trinajstić information content (AvgIpc) is 2.34. The van der Waals surface area contributed by atoms with E-state index in [-0.39, 0.29) is 23.6 Å². The lowest BCUT2D eigenvalue weighted by molar-refractivity contribution is 0.161. The van der Waals surface area contributed by atoms with Gasteiger partial charge in [-0.3, -0.25) is 4.90 Å². The van der Waals surface area contributed by atoms with E-state index in [4.69, 9.17) is 5.73 Å². The Bertz CT molecular complexity index is 547. The fourth-order valence-electron chi connectivity index (χ4n) is 2.66. The summed E-state index contributed by atoms with van der Waals surface area (Å²) in [7, 11) is -2.89. The number of halogens is 1. The Morgan fingerprint density at radius 1 is 1.47 bits per heavy atom. The molecule has 2 unspecified atom stereocenters. The van der Waals surface area contributed by atoms with Crippen LogP contribution >= 0.6 is 15.9 Å². The summed E-state index contributed by atoms with van der Waals surface area (Å²) in [5, 5.41) is 0. The molecule has 1 aromatic rings. The third-order valence-electron chi connectivity index (χ3n) is 3.61. The number of hydrogen-bond donors (Lipinski definition) is 1. The van der Waals surface area contributed by atoms with Crippen molar-refractivity contribution in [2.45, 2.75) is 19.0 Å². The minimum atomic E-state index is -2.89. The highest BCUT2D eigenvalue weighted by atomic mass is 79.9. The standard InChI is InChI=1S/C13H19BrN2O2S/c1-10-9-19(17,18)7-6-16(10)13(8-15)11-4-2-3-5-12(11)14/h2-5,10,13H,6-9,15H2,1H3. The summed E-state index contributed by atoms with van der Waals surface area (Å²) in [6, 6.07) is 8.03. The Hall–Kier alpha value is -0.430. The topological polar surface area (TPSA) is 63.4 Å². The lowest BCUT2D eigenvalue weighted by atomic mass is 10.0. The largest absolute Gasteiger partial charge is 0.329 e. The van der Waals surface area contributed by atoms with Gasteiger partial charge < -0.3 is 5.73 Å². The molecule has 6 heteroatoms. The molecule has 2 N–H and O–H groups in total. The van der Waals surface area contributed by atoms with Crippen LogP contribution in [0.3, 0.4) is 0 Å². The lowest BCUT2D eigenvalue weighted by Gasteiger charge is -2.39. The number of sulfone groups is 1.